The highest BCUT2D eigenvalue weighted by Gasteiger charge is 2.57. The quantitative estimate of drug-likeness (QED) is 0.705. The summed E-state index contributed by atoms with van der Waals surface area (Å²) in [5.74, 6) is 1.34. The maximum absolute atomic E-state index is 13.7. The van der Waals surface area contributed by atoms with Gasteiger partial charge in [-0.2, -0.15) is 0 Å². The van der Waals surface area contributed by atoms with Gasteiger partial charge in [0.1, 0.15) is 11.9 Å². The minimum Gasteiger partial charge on any atom is -0.497 e. The second kappa shape index (κ2) is 9.35. The third-order valence-corrected chi connectivity index (χ3v) is 7.95. The Balaban J connectivity index is 1.38. The van der Waals surface area contributed by atoms with Crippen molar-refractivity contribution in [3.8, 4) is 5.75 Å². The van der Waals surface area contributed by atoms with Crippen LogP contribution in [0.25, 0.3) is 0 Å². The number of hydrogen-bond donors (Lipinski definition) is 1. The number of nitrogens with two attached hydrogens (primary N) is 1. The van der Waals surface area contributed by atoms with E-state index in [1.54, 1.807) is 7.11 Å². The van der Waals surface area contributed by atoms with Gasteiger partial charge in [-0.3, -0.25) is 0 Å². The molecule has 33 heavy (non-hydrogen) atoms. The van der Waals surface area contributed by atoms with Crippen molar-refractivity contribution in [1.29, 1.82) is 0 Å². The van der Waals surface area contributed by atoms with Crippen molar-refractivity contribution in [3.63, 3.8) is 0 Å². The van der Waals surface area contributed by atoms with E-state index in [0.29, 0.717) is 19.0 Å². The molecule has 3 aliphatic rings. The molecule has 2 amide bonds. The molecular weight excluding hydrogens is 414 g/mol. The summed E-state index contributed by atoms with van der Waals surface area (Å²) in [4.78, 5) is 17.7. The van der Waals surface area contributed by atoms with Crippen molar-refractivity contribution in [1.82, 2.24) is 9.80 Å². The van der Waals surface area contributed by atoms with Crippen molar-refractivity contribution < 1.29 is 14.3 Å². The minimum atomic E-state index is -0.333. The Morgan fingerprint density at radius 1 is 1.06 bits per heavy atom. The molecule has 176 valence electrons. The molecule has 2 aromatic rings. The molecule has 2 aliphatic heterocycles. The van der Waals surface area contributed by atoms with Gasteiger partial charge in [0, 0.05) is 19.7 Å². The zero-order chi connectivity index (χ0) is 22.8. The molecule has 2 N–H and O–H groups in total. The van der Waals surface area contributed by atoms with Crippen LogP contribution >= 0.6 is 0 Å². The highest BCUT2D eigenvalue weighted by Crippen LogP contribution is 2.47. The SMILES string of the molecule is COc1ccc(CN2C(=O)N(CC3CCCO3)C3(CCC(c4ccccc4)CC3)C2N)cc1. The molecule has 0 radical (unpaired) electrons. The van der Waals surface area contributed by atoms with Crippen LogP contribution in [0.3, 0.4) is 0 Å². The summed E-state index contributed by atoms with van der Waals surface area (Å²) in [7, 11) is 1.66. The predicted molar refractivity (Wildman–Crippen MR) is 128 cm³/mol. The molecule has 5 rings (SSSR count). The second-order valence-corrected chi connectivity index (χ2v) is 9.74. The lowest BCUT2D eigenvalue weighted by Gasteiger charge is -2.45. The minimum absolute atomic E-state index is 0.0481. The van der Waals surface area contributed by atoms with E-state index >= 15 is 0 Å². The van der Waals surface area contributed by atoms with Crippen molar-refractivity contribution in [2.24, 2.45) is 5.73 Å². The van der Waals surface area contributed by atoms with Gasteiger partial charge in [-0.1, -0.05) is 42.5 Å². The lowest BCUT2D eigenvalue weighted by Crippen LogP contribution is -2.58. The molecule has 2 saturated heterocycles. The summed E-state index contributed by atoms with van der Waals surface area (Å²) in [5, 5.41) is 0. The number of methoxy groups -OCH3 is 1. The molecule has 2 unspecified atom stereocenters. The van der Waals surface area contributed by atoms with Gasteiger partial charge in [-0.25, -0.2) is 4.79 Å². The fraction of sp³-hybridized carbons (Fsp3) is 0.519. The number of nitrogens with zero attached hydrogens (tertiary/aromatic N) is 2. The maximum Gasteiger partial charge on any atom is 0.322 e. The van der Waals surface area contributed by atoms with Crippen molar-refractivity contribution in [3.05, 3.63) is 65.7 Å². The van der Waals surface area contributed by atoms with Gasteiger partial charge in [0.2, 0.25) is 0 Å². The first-order chi connectivity index (χ1) is 16.1. The van der Waals surface area contributed by atoms with Gasteiger partial charge >= 0.3 is 6.03 Å². The van der Waals surface area contributed by atoms with Crippen LogP contribution in [-0.2, 0) is 11.3 Å². The van der Waals surface area contributed by atoms with Crippen molar-refractivity contribution in [2.75, 3.05) is 20.3 Å². The van der Waals surface area contributed by atoms with E-state index < -0.39 is 0 Å². The fourth-order valence-corrected chi connectivity index (χ4v) is 6.00. The second-order valence-electron chi connectivity index (χ2n) is 9.74. The highest BCUT2D eigenvalue weighted by atomic mass is 16.5. The number of amides is 2. The van der Waals surface area contributed by atoms with Crippen LogP contribution in [-0.4, -0.2) is 53.9 Å². The average molecular weight is 450 g/mol. The first-order valence-corrected chi connectivity index (χ1v) is 12.2. The van der Waals surface area contributed by atoms with E-state index in [0.717, 1.165) is 56.4 Å². The standard InChI is InChI=1S/C27H35N3O3/c1-32-23-11-9-20(10-12-23)18-29-25(28)27(30(26(29)31)19-24-8-5-17-33-24)15-13-22(14-16-27)21-6-3-2-4-7-21/h2-4,6-7,9-12,22,24-25H,5,8,13-19,28H2,1H3. The van der Waals surface area contributed by atoms with Crippen molar-refractivity contribution >= 4 is 6.03 Å². The van der Waals surface area contributed by atoms with E-state index in [-0.39, 0.29) is 23.8 Å². The molecule has 3 fully saturated rings. The predicted octanol–water partition coefficient (Wildman–Crippen LogP) is 4.49. The molecule has 1 saturated carbocycles. The first-order valence-electron chi connectivity index (χ1n) is 12.2. The van der Waals surface area contributed by atoms with E-state index in [9.17, 15) is 4.79 Å². The van der Waals surface area contributed by atoms with Crippen LogP contribution in [0, 0.1) is 0 Å². The summed E-state index contributed by atoms with van der Waals surface area (Å²) in [6.07, 6.45) is 5.80. The Labute approximate surface area is 196 Å². The molecule has 0 bridgehead atoms. The molecule has 1 spiro atoms. The fourth-order valence-electron chi connectivity index (χ4n) is 6.00. The number of rotatable bonds is 6. The average Bonchev–Trinajstić information content (AvgIpc) is 3.44. The normalized spacial score (nSPS) is 29.8. The van der Waals surface area contributed by atoms with E-state index in [2.05, 4.69) is 35.2 Å². The van der Waals surface area contributed by atoms with Crippen LogP contribution < -0.4 is 10.5 Å². The molecule has 2 aromatic carbocycles. The van der Waals surface area contributed by atoms with E-state index in [4.69, 9.17) is 15.2 Å². The van der Waals surface area contributed by atoms with Gasteiger partial charge in [-0.05, 0) is 67.7 Å². The third kappa shape index (κ3) is 4.22. The summed E-state index contributed by atoms with van der Waals surface area (Å²) in [5.41, 5.74) is 9.05. The Morgan fingerprint density at radius 2 is 1.79 bits per heavy atom. The lowest BCUT2D eigenvalue weighted by atomic mass is 9.72. The number of ether oxygens (including phenoxy) is 2. The Bertz CT molecular complexity index is 935. The van der Waals surface area contributed by atoms with Crippen molar-refractivity contribution in [2.45, 2.75) is 68.8 Å². The van der Waals surface area contributed by atoms with E-state index in [1.807, 2.05) is 29.2 Å². The third-order valence-electron chi connectivity index (χ3n) is 7.95. The van der Waals surface area contributed by atoms with Crippen LogP contribution in [0.2, 0.25) is 0 Å². The largest absolute Gasteiger partial charge is 0.497 e. The summed E-state index contributed by atoms with van der Waals surface area (Å²) >= 11 is 0. The summed E-state index contributed by atoms with van der Waals surface area (Å²) in [6, 6.07) is 18.7. The highest BCUT2D eigenvalue weighted by molar-refractivity contribution is 5.79. The number of urea groups is 1. The Hall–Kier alpha value is -2.57. The number of benzene rings is 2. The number of carbonyl (C=O) groups is 1. The molecule has 2 heterocycles. The maximum atomic E-state index is 13.7. The Morgan fingerprint density at radius 3 is 2.42 bits per heavy atom. The number of hydrogen-bond acceptors (Lipinski definition) is 4. The Kier molecular flexibility index (Phi) is 6.30. The summed E-state index contributed by atoms with van der Waals surface area (Å²) in [6.45, 7) is 1.94. The van der Waals surface area contributed by atoms with Gasteiger partial charge in [-0.15, -0.1) is 0 Å². The molecule has 6 nitrogen and oxygen atoms in total. The topological polar surface area (TPSA) is 68.0 Å². The van der Waals surface area contributed by atoms with Crippen LogP contribution in [0.4, 0.5) is 4.79 Å². The number of carbonyl (C=O) groups excluding carboxylic acids is 1. The molecular formula is C27H35N3O3. The molecule has 6 heteroatoms. The lowest BCUT2D eigenvalue weighted by molar-refractivity contribution is 0.0301. The molecule has 1 aliphatic carbocycles. The molecule has 0 aromatic heterocycles. The van der Waals surface area contributed by atoms with Gasteiger partial charge in [0.15, 0.2) is 0 Å². The van der Waals surface area contributed by atoms with E-state index in [1.165, 1.54) is 5.56 Å². The summed E-state index contributed by atoms with van der Waals surface area (Å²) < 4.78 is 11.2. The zero-order valence-corrected chi connectivity index (χ0v) is 19.5. The molecule has 2 atom stereocenters. The van der Waals surface area contributed by atoms with Crippen LogP contribution in [0.5, 0.6) is 5.75 Å². The van der Waals surface area contributed by atoms with Crippen LogP contribution in [0.1, 0.15) is 55.6 Å². The monoisotopic (exact) mass is 449 g/mol. The first kappa shape index (κ1) is 22.2. The van der Waals surface area contributed by atoms with Crippen LogP contribution in [0.15, 0.2) is 54.6 Å². The van der Waals surface area contributed by atoms with Gasteiger partial charge in [0.05, 0.1) is 18.8 Å². The van der Waals surface area contributed by atoms with Gasteiger partial charge in [0.25, 0.3) is 0 Å². The van der Waals surface area contributed by atoms with Gasteiger partial charge < -0.3 is 25.0 Å². The zero-order valence-electron chi connectivity index (χ0n) is 19.5. The smallest absolute Gasteiger partial charge is 0.322 e.